The highest BCUT2D eigenvalue weighted by molar-refractivity contribution is 7.10. The fourth-order valence-electron chi connectivity index (χ4n) is 2.58. The molecular weight excluding hydrogens is 274 g/mol. The van der Waals surface area contributed by atoms with E-state index in [1.165, 1.54) is 0 Å². The van der Waals surface area contributed by atoms with Gasteiger partial charge in [-0.15, -0.1) is 11.3 Å². The van der Waals surface area contributed by atoms with E-state index >= 15 is 0 Å². The van der Waals surface area contributed by atoms with E-state index in [4.69, 9.17) is 4.74 Å². The molecule has 1 aliphatic rings. The van der Waals surface area contributed by atoms with Crippen LogP contribution in [-0.4, -0.2) is 23.4 Å². The smallest absolute Gasteiger partial charge is 0.408 e. The molecule has 1 unspecified atom stereocenters. The summed E-state index contributed by atoms with van der Waals surface area (Å²) in [6.07, 6.45) is 2.54. The van der Waals surface area contributed by atoms with Gasteiger partial charge in [0.05, 0.1) is 12.6 Å². The molecule has 1 aromatic rings. The monoisotopic (exact) mass is 297 g/mol. The highest BCUT2D eigenvalue weighted by atomic mass is 32.1. The van der Waals surface area contributed by atoms with Gasteiger partial charge in [0.1, 0.15) is 5.60 Å². The molecule has 5 heteroatoms. The van der Waals surface area contributed by atoms with Crippen molar-refractivity contribution in [2.45, 2.75) is 51.7 Å². The first kappa shape index (κ1) is 15.3. The van der Waals surface area contributed by atoms with Crippen LogP contribution >= 0.6 is 11.3 Å². The lowest BCUT2D eigenvalue weighted by atomic mass is 9.64. The second-order valence-corrected chi connectivity index (χ2v) is 7.45. The number of alkyl carbamates (subject to hydrolysis) is 1. The summed E-state index contributed by atoms with van der Waals surface area (Å²) < 4.78 is 5.35. The number of aliphatic hydroxyl groups excluding tert-OH is 1. The highest BCUT2D eigenvalue weighted by Gasteiger charge is 2.46. The van der Waals surface area contributed by atoms with Crippen LogP contribution in [0.4, 0.5) is 4.79 Å². The van der Waals surface area contributed by atoms with E-state index in [1.54, 1.807) is 11.3 Å². The van der Waals surface area contributed by atoms with E-state index in [0.29, 0.717) is 0 Å². The number of ether oxygens (including phenoxy) is 1. The van der Waals surface area contributed by atoms with Gasteiger partial charge in [-0.25, -0.2) is 4.79 Å². The molecule has 0 aromatic carbocycles. The molecule has 1 amide bonds. The van der Waals surface area contributed by atoms with Gasteiger partial charge in [0.15, 0.2) is 0 Å². The Hall–Kier alpha value is -1.07. The minimum Gasteiger partial charge on any atom is -0.444 e. The van der Waals surface area contributed by atoms with Crippen LogP contribution in [0.25, 0.3) is 0 Å². The molecule has 1 aliphatic carbocycles. The summed E-state index contributed by atoms with van der Waals surface area (Å²) in [5, 5.41) is 14.7. The van der Waals surface area contributed by atoms with E-state index < -0.39 is 11.7 Å². The van der Waals surface area contributed by atoms with Crippen molar-refractivity contribution in [3.05, 3.63) is 22.4 Å². The van der Waals surface area contributed by atoms with Gasteiger partial charge in [0.25, 0.3) is 0 Å². The summed E-state index contributed by atoms with van der Waals surface area (Å²) in [6.45, 7) is 5.62. The van der Waals surface area contributed by atoms with Gasteiger partial charge < -0.3 is 15.2 Å². The number of amides is 1. The second kappa shape index (κ2) is 5.74. The van der Waals surface area contributed by atoms with E-state index in [2.05, 4.69) is 5.32 Å². The minimum atomic E-state index is -0.518. The number of hydrogen-bond donors (Lipinski definition) is 2. The fraction of sp³-hybridized carbons (Fsp3) is 0.667. The van der Waals surface area contributed by atoms with Crippen LogP contribution < -0.4 is 5.32 Å². The number of carbonyl (C=O) groups is 1. The molecule has 0 spiro atoms. The molecular formula is C15H23NO3S. The number of aliphatic hydroxyl groups is 1. The molecule has 1 atom stereocenters. The van der Waals surface area contributed by atoms with Crippen molar-refractivity contribution in [2.75, 3.05) is 6.61 Å². The van der Waals surface area contributed by atoms with Gasteiger partial charge in [0.2, 0.25) is 0 Å². The van der Waals surface area contributed by atoms with Crippen LogP contribution in [0.15, 0.2) is 17.5 Å². The van der Waals surface area contributed by atoms with Gasteiger partial charge in [-0.1, -0.05) is 12.5 Å². The summed E-state index contributed by atoms with van der Waals surface area (Å²) in [5.41, 5.74) is -0.752. The molecule has 0 radical (unpaired) electrons. The highest BCUT2D eigenvalue weighted by Crippen LogP contribution is 2.50. The first-order valence-electron chi connectivity index (χ1n) is 7.00. The Labute approximate surface area is 124 Å². The number of carbonyl (C=O) groups excluding carboxylic acids is 1. The Bertz CT molecular complexity index is 441. The molecule has 4 nitrogen and oxygen atoms in total. The molecule has 1 saturated carbocycles. The van der Waals surface area contributed by atoms with Crippen LogP contribution in [-0.2, 0) is 4.74 Å². The summed E-state index contributed by atoms with van der Waals surface area (Å²) in [7, 11) is 0. The zero-order valence-electron chi connectivity index (χ0n) is 12.3. The van der Waals surface area contributed by atoms with Gasteiger partial charge in [-0.3, -0.25) is 0 Å². The van der Waals surface area contributed by atoms with Crippen LogP contribution in [0, 0.1) is 5.41 Å². The first-order chi connectivity index (χ1) is 9.36. The lowest BCUT2D eigenvalue weighted by Crippen LogP contribution is -2.48. The molecule has 1 heterocycles. The van der Waals surface area contributed by atoms with Crippen molar-refractivity contribution in [1.29, 1.82) is 0 Å². The molecule has 1 aromatic heterocycles. The Morgan fingerprint density at radius 1 is 1.55 bits per heavy atom. The topological polar surface area (TPSA) is 58.6 Å². The Morgan fingerprint density at radius 3 is 2.65 bits per heavy atom. The second-order valence-electron chi connectivity index (χ2n) is 6.47. The minimum absolute atomic E-state index is 0.0887. The molecule has 112 valence electrons. The average molecular weight is 297 g/mol. The quantitative estimate of drug-likeness (QED) is 0.894. The average Bonchev–Trinajstić information content (AvgIpc) is 2.77. The summed E-state index contributed by atoms with van der Waals surface area (Å²) in [6, 6.07) is 3.80. The molecule has 20 heavy (non-hydrogen) atoms. The van der Waals surface area contributed by atoms with E-state index in [1.807, 2.05) is 38.3 Å². The van der Waals surface area contributed by atoms with Crippen molar-refractivity contribution in [3.8, 4) is 0 Å². The lowest BCUT2D eigenvalue weighted by Gasteiger charge is -2.46. The zero-order valence-corrected chi connectivity index (χ0v) is 13.1. The van der Waals surface area contributed by atoms with Crippen molar-refractivity contribution in [2.24, 2.45) is 5.41 Å². The zero-order chi connectivity index (χ0) is 14.8. The van der Waals surface area contributed by atoms with E-state index in [9.17, 15) is 9.90 Å². The maximum absolute atomic E-state index is 12.1. The SMILES string of the molecule is CC(C)(C)OC(=O)NC(c1cccs1)C1(CO)CCC1. The molecule has 2 N–H and O–H groups in total. The maximum Gasteiger partial charge on any atom is 0.408 e. The van der Waals surface area contributed by atoms with Crippen LogP contribution in [0.5, 0.6) is 0 Å². The largest absolute Gasteiger partial charge is 0.444 e. The summed E-state index contributed by atoms with van der Waals surface area (Å²) in [5.74, 6) is 0. The van der Waals surface area contributed by atoms with Crippen LogP contribution in [0.1, 0.15) is 51.0 Å². The van der Waals surface area contributed by atoms with Crippen molar-refractivity contribution in [1.82, 2.24) is 5.32 Å². The number of nitrogens with one attached hydrogen (secondary N) is 1. The molecule has 2 rings (SSSR count). The lowest BCUT2D eigenvalue weighted by molar-refractivity contribution is -0.00302. The van der Waals surface area contributed by atoms with Crippen molar-refractivity contribution in [3.63, 3.8) is 0 Å². The van der Waals surface area contributed by atoms with E-state index in [-0.39, 0.29) is 18.1 Å². The van der Waals surface area contributed by atoms with Crippen LogP contribution in [0.3, 0.4) is 0 Å². The first-order valence-corrected chi connectivity index (χ1v) is 7.88. The number of hydrogen-bond acceptors (Lipinski definition) is 4. The Balaban J connectivity index is 2.14. The maximum atomic E-state index is 12.1. The normalized spacial score (nSPS) is 19.0. The molecule has 0 saturated heterocycles. The summed E-state index contributed by atoms with van der Waals surface area (Å²) >= 11 is 1.60. The van der Waals surface area contributed by atoms with Gasteiger partial charge in [-0.2, -0.15) is 0 Å². The third kappa shape index (κ3) is 3.33. The van der Waals surface area contributed by atoms with Gasteiger partial charge in [-0.05, 0) is 45.1 Å². The number of thiophene rings is 1. The third-order valence-electron chi connectivity index (χ3n) is 3.77. The third-order valence-corrected chi connectivity index (χ3v) is 4.70. The van der Waals surface area contributed by atoms with Gasteiger partial charge in [0, 0.05) is 10.3 Å². The van der Waals surface area contributed by atoms with E-state index in [0.717, 1.165) is 24.1 Å². The fourth-order valence-corrected chi connectivity index (χ4v) is 3.49. The summed E-state index contributed by atoms with van der Waals surface area (Å²) in [4.78, 5) is 13.1. The predicted molar refractivity (Wildman–Crippen MR) is 79.8 cm³/mol. The predicted octanol–water partition coefficient (Wildman–Crippen LogP) is 3.48. The Morgan fingerprint density at radius 2 is 2.25 bits per heavy atom. The molecule has 1 fully saturated rings. The van der Waals surface area contributed by atoms with Crippen molar-refractivity contribution >= 4 is 17.4 Å². The van der Waals surface area contributed by atoms with Crippen molar-refractivity contribution < 1.29 is 14.6 Å². The van der Waals surface area contributed by atoms with Gasteiger partial charge >= 0.3 is 6.09 Å². The Kier molecular flexibility index (Phi) is 4.39. The number of rotatable bonds is 4. The standard InChI is InChI=1S/C15H23NO3S/c1-14(2,3)19-13(18)16-12(11-6-4-9-20-11)15(10-17)7-5-8-15/h4,6,9,12,17H,5,7-8,10H2,1-3H3,(H,16,18). The molecule has 0 aliphatic heterocycles. The van der Waals surface area contributed by atoms with Crippen LogP contribution in [0.2, 0.25) is 0 Å². The molecule has 0 bridgehead atoms.